The molecule has 2 atom stereocenters. The van der Waals surface area contributed by atoms with Crippen LogP contribution in [0.25, 0.3) is 0 Å². The van der Waals surface area contributed by atoms with Gasteiger partial charge in [0.2, 0.25) is 0 Å². The molecule has 1 saturated heterocycles. The normalized spacial score (nSPS) is 39.2. The Morgan fingerprint density at radius 2 is 1.40 bits per heavy atom. The summed E-state index contributed by atoms with van der Waals surface area (Å²) in [6.45, 7) is 0. The Morgan fingerprint density at radius 1 is 0.900 bits per heavy atom. The fraction of sp³-hybridized carbons (Fsp3) is 0.750. The molecule has 56 valence electrons. The van der Waals surface area contributed by atoms with Crippen molar-refractivity contribution in [3.05, 3.63) is 12.2 Å². The monoisotopic (exact) mass is 140 g/mol. The lowest BCUT2D eigenvalue weighted by atomic mass is 10.0. The van der Waals surface area contributed by atoms with Crippen molar-refractivity contribution in [3.63, 3.8) is 0 Å². The molecule has 0 spiro atoms. The Labute approximate surface area is 60.7 Å². The summed E-state index contributed by atoms with van der Waals surface area (Å²) in [7, 11) is 0. The van der Waals surface area contributed by atoms with E-state index in [9.17, 15) is 0 Å². The van der Waals surface area contributed by atoms with Gasteiger partial charge in [0.25, 0.3) is 0 Å². The third-order valence-corrected chi connectivity index (χ3v) is 2.07. The maximum atomic E-state index is 5.10. The highest BCUT2D eigenvalue weighted by atomic mass is 17.2. The van der Waals surface area contributed by atoms with Crippen molar-refractivity contribution in [1.29, 1.82) is 0 Å². The van der Waals surface area contributed by atoms with Gasteiger partial charge < -0.3 is 0 Å². The van der Waals surface area contributed by atoms with Gasteiger partial charge in [-0.15, -0.1) is 0 Å². The highest BCUT2D eigenvalue weighted by Gasteiger charge is 2.19. The highest BCUT2D eigenvalue weighted by molar-refractivity contribution is 4.98. The molecule has 2 bridgehead atoms. The summed E-state index contributed by atoms with van der Waals surface area (Å²) < 4.78 is 0. The van der Waals surface area contributed by atoms with Crippen molar-refractivity contribution < 1.29 is 9.78 Å². The second kappa shape index (κ2) is 2.72. The van der Waals surface area contributed by atoms with Gasteiger partial charge in [-0.05, 0) is 12.8 Å². The van der Waals surface area contributed by atoms with Crippen LogP contribution in [0.5, 0.6) is 0 Å². The Bertz CT molecular complexity index is 126. The fourth-order valence-corrected chi connectivity index (χ4v) is 1.43. The van der Waals surface area contributed by atoms with E-state index in [1.807, 2.05) is 0 Å². The minimum absolute atomic E-state index is 0.233. The van der Waals surface area contributed by atoms with Crippen LogP contribution in [0.2, 0.25) is 0 Å². The van der Waals surface area contributed by atoms with E-state index in [2.05, 4.69) is 12.2 Å². The van der Waals surface area contributed by atoms with Gasteiger partial charge in [0.05, 0.1) is 0 Å². The maximum absolute atomic E-state index is 5.10. The van der Waals surface area contributed by atoms with Crippen molar-refractivity contribution in [3.8, 4) is 0 Å². The molecule has 2 nitrogen and oxygen atoms in total. The van der Waals surface area contributed by atoms with Crippen molar-refractivity contribution in [2.45, 2.75) is 37.9 Å². The summed E-state index contributed by atoms with van der Waals surface area (Å²) in [6.07, 6.45) is 9.48. The van der Waals surface area contributed by atoms with Gasteiger partial charge in [-0.2, -0.15) is 0 Å². The Balaban J connectivity index is 2.07. The zero-order valence-electron chi connectivity index (χ0n) is 5.95. The molecule has 0 radical (unpaired) electrons. The fourth-order valence-electron chi connectivity index (χ4n) is 1.43. The molecule has 2 aliphatic heterocycles. The van der Waals surface area contributed by atoms with E-state index in [0.717, 1.165) is 12.8 Å². The minimum Gasteiger partial charge on any atom is -0.229 e. The van der Waals surface area contributed by atoms with E-state index in [1.54, 1.807) is 0 Å². The molecule has 3 aliphatic rings. The second-order valence-electron chi connectivity index (χ2n) is 2.94. The predicted molar refractivity (Wildman–Crippen MR) is 37.4 cm³/mol. The summed E-state index contributed by atoms with van der Waals surface area (Å²) in [5.41, 5.74) is 0. The van der Waals surface area contributed by atoms with Crippen LogP contribution < -0.4 is 0 Å². The number of fused-ring (bicyclic) bond motifs is 4. The Morgan fingerprint density at radius 3 is 1.80 bits per heavy atom. The summed E-state index contributed by atoms with van der Waals surface area (Å²) in [4.78, 5) is 10.2. The summed E-state index contributed by atoms with van der Waals surface area (Å²) in [5.74, 6) is 0. The van der Waals surface area contributed by atoms with Crippen LogP contribution in [0, 0.1) is 0 Å². The molecule has 1 fully saturated rings. The molecule has 0 unspecified atom stereocenters. The predicted octanol–water partition coefficient (Wildman–Crippen LogP) is 1.82. The Kier molecular flexibility index (Phi) is 1.74. The molecular formula is C8H12O2. The number of rotatable bonds is 0. The van der Waals surface area contributed by atoms with E-state index < -0.39 is 0 Å². The summed E-state index contributed by atoms with van der Waals surface area (Å²) in [5, 5.41) is 0. The first kappa shape index (κ1) is 6.38. The van der Waals surface area contributed by atoms with E-state index in [0.29, 0.717) is 0 Å². The lowest BCUT2D eigenvalue weighted by Gasteiger charge is -2.25. The second-order valence-corrected chi connectivity index (χ2v) is 2.94. The molecule has 0 amide bonds. The molecule has 10 heavy (non-hydrogen) atoms. The van der Waals surface area contributed by atoms with Crippen LogP contribution in [0.3, 0.4) is 0 Å². The minimum atomic E-state index is 0.233. The lowest BCUT2D eigenvalue weighted by molar-refractivity contribution is -0.344. The van der Waals surface area contributed by atoms with Gasteiger partial charge in [-0.25, -0.2) is 9.78 Å². The van der Waals surface area contributed by atoms with Gasteiger partial charge in [0.1, 0.15) is 12.2 Å². The van der Waals surface area contributed by atoms with Crippen LogP contribution >= 0.6 is 0 Å². The average Bonchev–Trinajstić information content (AvgIpc) is 1.89. The number of hydrogen-bond donors (Lipinski definition) is 0. The SMILES string of the molecule is C1=C[C@H]2CCCC[C@@H]1OO2. The Hall–Kier alpha value is -0.340. The quantitative estimate of drug-likeness (QED) is 0.377. The zero-order chi connectivity index (χ0) is 6.81. The van der Waals surface area contributed by atoms with Crippen molar-refractivity contribution in [1.82, 2.24) is 0 Å². The first-order valence-corrected chi connectivity index (χ1v) is 3.95. The number of hydrogen-bond acceptors (Lipinski definition) is 2. The first-order valence-electron chi connectivity index (χ1n) is 3.95. The smallest absolute Gasteiger partial charge is 0.111 e. The maximum Gasteiger partial charge on any atom is 0.111 e. The lowest BCUT2D eigenvalue weighted by Crippen LogP contribution is -2.24. The third-order valence-electron chi connectivity index (χ3n) is 2.07. The zero-order valence-corrected chi connectivity index (χ0v) is 5.95. The largest absolute Gasteiger partial charge is 0.229 e. The van der Waals surface area contributed by atoms with E-state index in [4.69, 9.17) is 9.78 Å². The summed E-state index contributed by atoms with van der Waals surface area (Å²) >= 11 is 0. The van der Waals surface area contributed by atoms with E-state index >= 15 is 0 Å². The third kappa shape index (κ3) is 1.22. The van der Waals surface area contributed by atoms with Gasteiger partial charge in [-0.3, -0.25) is 0 Å². The molecular weight excluding hydrogens is 128 g/mol. The molecule has 3 rings (SSSR count). The van der Waals surface area contributed by atoms with Crippen molar-refractivity contribution in [2.24, 2.45) is 0 Å². The van der Waals surface area contributed by atoms with Crippen LogP contribution in [-0.4, -0.2) is 12.2 Å². The van der Waals surface area contributed by atoms with Gasteiger partial charge in [-0.1, -0.05) is 25.0 Å². The molecule has 1 aliphatic carbocycles. The van der Waals surface area contributed by atoms with E-state index in [1.165, 1.54) is 12.8 Å². The van der Waals surface area contributed by atoms with Gasteiger partial charge >= 0.3 is 0 Å². The van der Waals surface area contributed by atoms with Gasteiger partial charge in [0, 0.05) is 0 Å². The highest BCUT2D eigenvalue weighted by Crippen LogP contribution is 2.22. The molecule has 0 saturated carbocycles. The van der Waals surface area contributed by atoms with Crippen LogP contribution in [0.4, 0.5) is 0 Å². The first-order chi connectivity index (χ1) is 4.95. The molecule has 0 aromatic carbocycles. The van der Waals surface area contributed by atoms with E-state index in [-0.39, 0.29) is 12.2 Å². The van der Waals surface area contributed by atoms with Crippen LogP contribution in [0.15, 0.2) is 12.2 Å². The molecule has 2 heterocycles. The van der Waals surface area contributed by atoms with Crippen molar-refractivity contribution in [2.75, 3.05) is 0 Å². The molecule has 0 N–H and O–H groups in total. The molecule has 0 aromatic rings. The summed E-state index contributed by atoms with van der Waals surface area (Å²) in [6, 6.07) is 0. The average molecular weight is 140 g/mol. The van der Waals surface area contributed by atoms with Crippen LogP contribution in [-0.2, 0) is 9.78 Å². The van der Waals surface area contributed by atoms with Crippen molar-refractivity contribution >= 4 is 0 Å². The standard InChI is InChI=1S/C8H12O2/c1-2-4-8-6-5-7(3-1)9-10-8/h5-8H,1-4H2/t7-,8+. The van der Waals surface area contributed by atoms with Crippen LogP contribution in [0.1, 0.15) is 25.7 Å². The van der Waals surface area contributed by atoms with Gasteiger partial charge in [0.15, 0.2) is 0 Å². The molecule has 2 heteroatoms. The topological polar surface area (TPSA) is 18.5 Å². The molecule has 0 aromatic heterocycles.